The molecule has 1 amide bonds. The lowest BCUT2D eigenvalue weighted by molar-refractivity contribution is 0.0926. The number of piperidine rings is 1. The molecular formula is C17H22Cl2FN3OS. The number of carbonyl (C=O) groups is 1. The first kappa shape index (κ1) is 21.8. The van der Waals surface area contributed by atoms with Crippen LogP contribution in [0.15, 0.2) is 30.5 Å². The molecule has 8 heteroatoms. The van der Waals surface area contributed by atoms with Crippen LogP contribution in [-0.2, 0) is 0 Å². The van der Waals surface area contributed by atoms with Crippen molar-refractivity contribution in [3.63, 3.8) is 0 Å². The van der Waals surface area contributed by atoms with E-state index in [-0.39, 0.29) is 42.0 Å². The molecule has 0 spiro atoms. The Bertz CT molecular complexity index is 705. The SMILES string of the molecule is CC1(CNC(=O)c2cnc(-c3ccccc3F)s2)CCNCC1.Cl.Cl. The van der Waals surface area contributed by atoms with Gasteiger partial charge in [-0.3, -0.25) is 4.79 Å². The van der Waals surface area contributed by atoms with Crippen molar-refractivity contribution in [1.82, 2.24) is 15.6 Å². The van der Waals surface area contributed by atoms with Gasteiger partial charge in [-0.1, -0.05) is 19.1 Å². The number of benzene rings is 1. The highest BCUT2D eigenvalue weighted by Crippen LogP contribution is 2.29. The summed E-state index contributed by atoms with van der Waals surface area (Å²) in [5.74, 6) is -0.458. The number of amides is 1. The Labute approximate surface area is 163 Å². The van der Waals surface area contributed by atoms with Gasteiger partial charge in [0, 0.05) is 12.1 Å². The third-order valence-corrected chi connectivity index (χ3v) is 5.35. The molecule has 1 aromatic carbocycles. The molecule has 0 bridgehead atoms. The lowest BCUT2D eigenvalue weighted by Gasteiger charge is -2.34. The van der Waals surface area contributed by atoms with Gasteiger partial charge in [0.2, 0.25) is 0 Å². The molecule has 0 radical (unpaired) electrons. The summed E-state index contributed by atoms with van der Waals surface area (Å²) in [5.41, 5.74) is 0.571. The maximum atomic E-state index is 13.8. The Morgan fingerprint density at radius 2 is 2.00 bits per heavy atom. The van der Waals surface area contributed by atoms with Crippen LogP contribution in [0.1, 0.15) is 29.4 Å². The number of hydrogen-bond donors (Lipinski definition) is 2. The van der Waals surface area contributed by atoms with Crippen LogP contribution in [0.5, 0.6) is 0 Å². The molecule has 138 valence electrons. The van der Waals surface area contributed by atoms with Crippen molar-refractivity contribution in [2.45, 2.75) is 19.8 Å². The first-order chi connectivity index (χ1) is 11.1. The molecule has 0 aliphatic carbocycles. The number of nitrogens with zero attached hydrogens (tertiary/aromatic N) is 1. The largest absolute Gasteiger partial charge is 0.351 e. The Balaban J connectivity index is 0.00000156. The molecule has 4 nitrogen and oxygen atoms in total. The number of rotatable bonds is 4. The number of halogens is 3. The highest BCUT2D eigenvalue weighted by atomic mass is 35.5. The topological polar surface area (TPSA) is 54.0 Å². The van der Waals surface area contributed by atoms with E-state index in [2.05, 4.69) is 22.5 Å². The smallest absolute Gasteiger partial charge is 0.263 e. The standard InChI is InChI=1S/C17H20FN3OS.2ClH/c1-17(6-8-19-9-7-17)11-21-15(22)14-10-20-16(23-14)12-4-2-3-5-13(12)18;;/h2-5,10,19H,6-9,11H2,1H3,(H,21,22);2*1H. The summed E-state index contributed by atoms with van der Waals surface area (Å²) < 4.78 is 13.8. The minimum Gasteiger partial charge on any atom is -0.351 e. The zero-order valence-corrected chi connectivity index (χ0v) is 16.3. The van der Waals surface area contributed by atoms with E-state index in [0.29, 0.717) is 22.0 Å². The van der Waals surface area contributed by atoms with Gasteiger partial charge < -0.3 is 10.6 Å². The highest BCUT2D eigenvalue weighted by Gasteiger charge is 2.27. The molecule has 25 heavy (non-hydrogen) atoms. The summed E-state index contributed by atoms with van der Waals surface area (Å²) >= 11 is 1.22. The van der Waals surface area contributed by atoms with E-state index in [1.54, 1.807) is 18.2 Å². The summed E-state index contributed by atoms with van der Waals surface area (Å²) in [6, 6.07) is 6.47. The van der Waals surface area contributed by atoms with E-state index in [1.807, 2.05) is 0 Å². The van der Waals surface area contributed by atoms with Gasteiger partial charge in [-0.15, -0.1) is 36.2 Å². The van der Waals surface area contributed by atoms with Gasteiger partial charge in [-0.25, -0.2) is 9.37 Å². The van der Waals surface area contributed by atoms with E-state index < -0.39 is 0 Å². The van der Waals surface area contributed by atoms with Crippen LogP contribution in [0.2, 0.25) is 0 Å². The fourth-order valence-corrected chi connectivity index (χ4v) is 3.59. The maximum Gasteiger partial charge on any atom is 0.263 e. The van der Waals surface area contributed by atoms with Gasteiger partial charge in [0.15, 0.2) is 0 Å². The Morgan fingerprint density at radius 3 is 2.68 bits per heavy atom. The van der Waals surface area contributed by atoms with Crippen molar-refractivity contribution in [3.8, 4) is 10.6 Å². The van der Waals surface area contributed by atoms with Crippen molar-refractivity contribution in [2.24, 2.45) is 5.41 Å². The van der Waals surface area contributed by atoms with Gasteiger partial charge in [-0.2, -0.15) is 0 Å². The summed E-state index contributed by atoms with van der Waals surface area (Å²) in [5, 5.41) is 6.86. The van der Waals surface area contributed by atoms with Gasteiger partial charge >= 0.3 is 0 Å². The van der Waals surface area contributed by atoms with E-state index in [1.165, 1.54) is 23.6 Å². The Kier molecular flexibility index (Phi) is 8.28. The highest BCUT2D eigenvalue weighted by molar-refractivity contribution is 7.16. The monoisotopic (exact) mass is 405 g/mol. The van der Waals surface area contributed by atoms with Gasteiger partial charge in [0.1, 0.15) is 15.7 Å². The Hall–Kier alpha value is -1.21. The number of hydrogen-bond acceptors (Lipinski definition) is 4. The van der Waals surface area contributed by atoms with Crippen LogP contribution in [0.3, 0.4) is 0 Å². The minimum atomic E-state index is -0.323. The summed E-state index contributed by atoms with van der Waals surface area (Å²) in [4.78, 5) is 17.0. The van der Waals surface area contributed by atoms with E-state index in [0.717, 1.165) is 25.9 Å². The van der Waals surface area contributed by atoms with Crippen LogP contribution < -0.4 is 10.6 Å². The first-order valence-electron chi connectivity index (χ1n) is 7.77. The molecule has 0 saturated carbocycles. The fourth-order valence-electron chi connectivity index (χ4n) is 2.73. The number of carbonyl (C=O) groups excluding carboxylic acids is 1. The van der Waals surface area contributed by atoms with Gasteiger partial charge in [0.05, 0.1) is 6.20 Å². The molecule has 0 atom stereocenters. The molecular weight excluding hydrogens is 384 g/mol. The van der Waals surface area contributed by atoms with Crippen LogP contribution >= 0.6 is 36.2 Å². The van der Waals surface area contributed by atoms with Crippen molar-refractivity contribution in [1.29, 1.82) is 0 Å². The van der Waals surface area contributed by atoms with Crippen LogP contribution in [-0.4, -0.2) is 30.5 Å². The molecule has 2 N–H and O–H groups in total. The fraction of sp³-hybridized carbons (Fsp3) is 0.412. The molecule has 1 aromatic heterocycles. The van der Waals surface area contributed by atoms with Crippen LogP contribution in [0, 0.1) is 11.2 Å². The molecule has 2 aromatic rings. The summed E-state index contributed by atoms with van der Waals surface area (Å²) in [6.45, 7) is 4.83. The van der Waals surface area contributed by atoms with E-state index in [9.17, 15) is 9.18 Å². The van der Waals surface area contributed by atoms with Crippen LogP contribution in [0.4, 0.5) is 4.39 Å². The van der Waals surface area contributed by atoms with Crippen molar-refractivity contribution in [3.05, 3.63) is 41.2 Å². The second kappa shape index (κ2) is 9.48. The average molecular weight is 406 g/mol. The quantitative estimate of drug-likeness (QED) is 0.810. The van der Waals surface area contributed by atoms with Crippen LogP contribution in [0.25, 0.3) is 10.6 Å². The number of nitrogens with one attached hydrogen (secondary N) is 2. The van der Waals surface area contributed by atoms with Crippen molar-refractivity contribution < 1.29 is 9.18 Å². The second-order valence-corrected chi connectivity index (χ2v) is 7.28. The van der Waals surface area contributed by atoms with Crippen molar-refractivity contribution >= 4 is 42.1 Å². The van der Waals surface area contributed by atoms with Gasteiger partial charge in [-0.05, 0) is 43.5 Å². The van der Waals surface area contributed by atoms with Crippen molar-refractivity contribution in [2.75, 3.05) is 19.6 Å². The minimum absolute atomic E-state index is 0. The number of aromatic nitrogens is 1. The van der Waals surface area contributed by atoms with E-state index >= 15 is 0 Å². The molecule has 1 saturated heterocycles. The zero-order valence-electron chi connectivity index (χ0n) is 13.9. The molecule has 0 unspecified atom stereocenters. The molecule has 1 aliphatic heterocycles. The maximum absolute atomic E-state index is 13.8. The molecule has 1 fully saturated rings. The zero-order chi connectivity index (χ0) is 16.3. The van der Waals surface area contributed by atoms with Gasteiger partial charge in [0.25, 0.3) is 5.91 Å². The van der Waals surface area contributed by atoms with E-state index in [4.69, 9.17) is 0 Å². The molecule has 3 rings (SSSR count). The third kappa shape index (κ3) is 5.38. The molecule has 1 aliphatic rings. The average Bonchev–Trinajstić information content (AvgIpc) is 3.04. The normalized spacial score (nSPS) is 15.6. The predicted octanol–water partition coefficient (Wildman–Crippen LogP) is 3.91. The second-order valence-electron chi connectivity index (χ2n) is 6.25. The molecule has 2 heterocycles. The summed E-state index contributed by atoms with van der Waals surface area (Å²) in [7, 11) is 0. The Morgan fingerprint density at radius 1 is 1.32 bits per heavy atom. The first-order valence-corrected chi connectivity index (χ1v) is 8.59. The third-order valence-electron chi connectivity index (χ3n) is 4.32. The summed E-state index contributed by atoms with van der Waals surface area (Å²) in [6.07, 6.45) is 3.62. The lowest BCUT2D eigenvalue weighted by Crippen LogP contribution is -2.42. The number of thiazole rings is 1. The lowest BCUT2D eigenvalue weighted by atomic mass is 9.81. The predicted molar refractivity (Wildman–Crippen MR) is 105 cm³/mol.